The number of rotatable bonds is 4. The fourth-order valence-electron chi connectivity index (χ4n) is 2.57. The molecule has 0 N–H and O–H groups in total. The molecule has 0 atom stereocenters. The summed E-state index contributed by atoms with van der Waals surface area (Å²) in [4.78, 5) is 12.4. The average Bonchev–Trinajstić information content (AvgIpc) is 2.46. The van der Waals surface area contributed by atoms with Crippen LogP contribution < -0.4 is 4.90 Å². The number of hydrogen-bond donors (Lipinski definition) is 0. The van der Waals surface area contributed by atoms with E-state index in [0.29, 0.717) is 18.9 Å². The molecule has 0 saturated carbocycles. The van der Waals surface area contributed by atoms with Crippen molar-refractivity contribution in [3.63, 3.8) is 0 Å². The number of nitro groups is 1. The molecule has 0 bridgehead atoms. The molecule has 8 nitrogen and oxygen atoms in total. The standard InChI is InChI=1S/C13H17N3O5S/c17-16(18)11-2-3-12(14-4-1-5-14)13(10-11)22(19,20)15-6-8-21-9-7-15/h2-3,10H,1,4-9H2. The van der Waals surface area contributed by atoms with Crippen molar-refractivity contribution in [3.8, 4) is 0 Å². The molecule has 1 aromatic rings. The topological polar surface area (TPSA) is 93.0 Å². The zero-order valence-corrected chi connectivity index (χ0v) is 12.8. The molecule has 0 aromatic heterocycles. The Labute approximate surface area is 128 Å². The van der Waals surface area contributed by atoms with Crippen molar-refractivity contribution in [1.29, 1.82) is 0 Å². The molecule has 22 heavy (non-hydrogen) atoms. The average molecular weight is 327 g/mol. The molecule has 9 heteroatoms. The van der Waals surface area contributed by atoms with Crippen LogP contribution in [0.1, 0.15) is 6.42 Å². The zero-order valence-electron chi connectivity index (χ0n) is 12.0. The Bertz CT molecular complexity index is 681. The van der Waals surface area contributed by atoms with Gasteiger partial charge in [0, 0.05) is 38.3 Å². The second kappa shape index (κ2) is 5.82. The Morgan fingerprint density at radius 1 is 1.14 bits per heavy atom. The highest BCUT2D eigenvalue weighted by atomic mass is 32.2. The van der Waals surface area contributed by atoms with Gasteiger partial charge in [-0.25, -0.2) is 8.42 Å². The van der Waals surface area contributed by atoms with E-state index in [0.717, 1.165) is 19.5 Å². The molecule has 0 unspecified atom stereocenters. The van der Waals surface area contributed by atoms with Crippen LogP contribution in [0, 0.1) is 10.1 Å². The van der Waals surface area contributed by atoms with Crippen LogP contribution >= 0.6 is 0 Å². The minimum Gasteiger partial charge on any atom is -0.379 e. The Morgan fingerprint density at radius 2 is 1.82 bits per heavy atom. The summed E-state index contributed by atoms with van der Waals surface area (Å²) in [5.74, 6) is 0. The van der Waals surface area contributed by atoms with Crippen LogP contribution in [0.5, 0.6) is 0 Å². The van der Waals surface area contributed by atoms with Gasteiger partial charge in [-0.3, -0.25) is 10.1 Å². The Balaban J connectivity index is 2.05. The lowest BCUT2D eigenvalue weighted by molar-refractivity contribution is -0.385. The monoisotopic (exact) mass is 327 g/mol. The molecular weight excluding hydrogens is 310 g/mol. The lowest BCUT2D eigenvalue weighted by atomic mass is 10.1. The summed E-state index contributed by atoms with van der Waals surface area (Å²) in [5.41, 5.74) is 0.333. The van der Waals surface area contributed by atoms with Crippen molar-refractivity contribution < 1.29 is 18.1 Å². The molecule has 0 aliphatic carbocycles. The van der Waals surface area contributed by atoms with Gasteiger partial charge in [0.25, 0.3) is 5.69 Å². The normalized spacial score (nSPS) is 19.7. The van der Waals surface area contributed by atoms with Gasteiger partial charge in [-0.1, -0.05) is 0 Å². The summed E-state index contributed by atoms with van der Waals surface area (Å²) in [6, 6.07) is 4.05. The van der Waals surface area contributed by atoms with Gasteiger partial charge in [0.1, 0.15) is 4.90 Å². The van der Waals surface area contributed by atoms with Crippen molar-refractivity contribution in [3.05, 3.63) is 28.3 Å². The molecular formula is C13H17N3O5S. The van der Waals surface area contributed by atoms with Gasteiger partial charge in [0.15, 0.2) is 0 Å². The number of hydrogen-bond acceptors (Lipinski definition) is 6. The maximum atomic E-state index is 12.8. The number of anilines is 1. The van der Waals surface area contributed by atoms with E-state index < -0.39 is 14.9 Å². The van der Waals surface area contributed by atoms with Crippen LogP contribution in [0.4, 0.5) is 11.4 Å². The smallest absolute Gasteiger partial charge is 0.270 e. The van der Waals surface area contributed by atoms with E-state index in [9.17, 15) is 18.5 Å². The first kappa shape index (κ1) is 15.2. The van der Waals surface area contributed by atoms with Crippen molar-refractivity contribution in [2.45, 2.75) is 11.3 Å². The first-order chi connectivity index (χ1) is 10.5. The summed E-state index contributed by atoms with van der Waals surface area (Å²) in [7, 11) is -3.76. The van der Waals surface area contributed by atoms with Crippen LogP contribution in [0.25, 0.3) is 0 Å². The second-order valence-corrected chi connectivity index (χ2v) is 7.17. The minimum atomic E-state index is -3.76. The maximum absolute atomic E-state index is 12.8. The molecule has 2 saturated heterocycles. The van der Waals surface area contributed by atoms with E-state index in [-0.39, 0.29) is 23.7 Å². The van der Waals surface area contributed by atoms with Crippen LogP contribution in [0.2, 0.25) is 0 Å². The molecule has 120 valence electrons. The van der Waals surface area contributed by atoms with Gasteiger partial charge in [0.2, 0.25) is 10.0 Å². The first-order valence-corrected chi connectivity index (χ1v) is 8.55. The minimum absolute atomic E-state index is 0.0169. The van der Waals surface area contributed by atoms with Crippen LogP contribution in [-0.4, -0.2) is 57.0 Å². The highest BCUT2D eigenvalue weighted by Gasteiger charge is 2.32. The Morgan fingerprint density at radius 3 is 2.36 bits per heavy atom. The summed E-state index contributed by atoms with van der Waals surface area (Å²) in [5, 5.41) is 11.0. The second-order valence-electron chi connectivity index (χ2n) is 5.27. The fourth-order valence-corrected chi connectivity index (χ4v) is 4.21. The molecule has 1 aromatic carbocycles. The molecule has 0 radical (unpaired) electrons. The number of sulfonamides is 1. The van der Waals surface area contributed by atoms with Crippen molar-refractivity contribution >= 4 is 21.4 Å². The summed E-state index contributed by atoms with van der Waals surface area (Å²) in [6.07, 6.45) is 0.994. The van der Waals surface area contributed by atoms with Gasteiger partial charge in [-0.2, -0.15) is 4.31 Å². The number of nitrogens with zero attached hydrogens (tertiary/aromatic N) is 3. The van der Waals surface area contributed by atoms with Gasteiger partial charge in [0.05, 0.1) is 23.8 Å². The SMILES string of the molecule is O=[N+]([O-])c1ccc(N2CCC2)c(S(=O)(=O)N2CCOCC2)c1. The van der Waals surface area contributed by atoms with Gasteiger partial charge >= 0.3 is 0 Å². The number of benzene rings is 1. The van der Waals surface area contributed by atoms with Crippen LogP contribution in [-0.2, 0) is 14.8 Å². The molecule has 3 rings (SSSR count). The van der Waals surface area contributed by atoms with E-state index in [1.54, 1.807) is 0 Å². The van der Waals surface area contributed by atoms with E-state index in [1.807, 2.05) is 4.90 Å². The third-order valence-corrected chi connectivity index (χ3v) is 5.87. The molecule has 0 spiro atoms. The van der Waals surface area contributed by atoms with Crippen molar-refractivity contribution in [2.24, 2.45) is 0 Å². The third-order valence-electron chi connectivity index (χ3n) is 3.94. The number of nitro benzene ring substituents is 1. The molecule has 2 aliphatic heterocycles. The highest BCUT2D eigenvalue weighted by molar-refractivity contribution is 7.89. The summed E-state index contributed by atoms with van der Waals surface area (Å²) < 4.78 is 32.2. The predicted molar refractivity (Wildman–Crippen MR) is 79.5 cm³/mol. The number of non-ortho nitro benzene ring substituents is 1. The van der Waals surface area contributed by atoms with E-state index in [2.05, 4.69) is 0 Å². The highest BCUT2D eigenvalue weighted by Crippen LogP contribution is 2.34. The van der Waals surface area contributed by atoms with E-state index >= 15 is 0 Å². The van der Waals surface area contributed by atoms with Crippen LogP contribution in [0.15, 0.2) is 23.1 Å². The zero-order chi connectivity index (χ0) is 15.7. The quantitative estimate of drug-likeness (QED) is 0.600. The number of morpholine rings is 1. The lowest BCUT2D eigenvalue weighted by Crippen LogP contribution is -2.42. The van der Waals surface area contributed by atoms with E-state index in [1.165, 1.54) is 22.5 Å². The fraction of sp³-hybridized carbons (Fsp3) is 0.538. The third kappa shape index (κ3) is 2.67. The van der Waals surface area contributed by atoms with Gasteiger partial charge < -0.3 is 9.64 Å². The molecule has 2 aliphatic rings. The summed E-state index contributed by atoms with van der Waals surface area (Å²) >= 11 is 0. The summed E-state index contributed by atoms with van der Waals surface area (Å²) in [6.45, 7) is 2.75. The Hall–Kier alpha value is -1.71. The number of ether oxygens (including phenoxy) is 1. The molecule has 0 amide bonds. The van der Waals surface area contributed by atoms with Crippen LogP contribution in [0.3, 0.4) is 0 Å². The molecule has 2 fully saturated rings. The molecule has 2 heterocycles. The van der Waals surface area contributed by atoms with Gasteiger partial charge in [-0.15, -0.1) is 0 Å². The predicted octanol–water partition coefficient (Wildman–Crippen LogP) is 0.826. The van der Waals surface area contributed by atoms with E-state index in [4.69, 9.17) is 4.74 Å². The maximum Gasteiger partial charge on any atom is 0.270 e. The first-order valence-electron chi connectivity index (χ1n) is 7.11. The Kier molecular flexibility index (Phi) is 4.02. The van der Waals surface area contributed by atoms with Gasteiger partial charge in [-0.05, 0) is 12.5 Å². The van der Waals surface area contributed by atoms with Crippen molar-refractivity contribution in [2.75, 3.05) is 44.3 Å². The van der Waals surface area contributed by atoms with Crippen molar-refractivity contribution in [1.82, 2.24) is 4.31 Å². The largest absolute Gasteiger partial charge is 0.379 e. The lowest BCUT2D eigenvalue weighted by Gasteiger charge is -2.35.